The van der Waals surface area contributed by atoms with Crippen molar-refractivity contribution in [2.45, 2.75) is 38.5 Å². The van der Waals surface area contributed by atoms with Crippen LogP contribution in [0.3, 0.4) is 0 Å². The average molecular weight is 407 g/mol. The highest BCUT2D eigenvalue weighted by Crippen LogP contribution is 2.41. The van der Waals surface area contributed by atoms with Gasteiger partial charge in [0, 0.05) is 10.6 Å². The number of nitrogen functional groups attached to an aromatic ring is 1. The second-order valence-electron chi connectivity index (χ2n) is 7.71. The van der Waals surface area contributed by atoms with Crippen molar-refractivity contribution in [3.05, 3.63) is 42.0 Å². The van der Waals surface area contributed by atoms with Crippen LogP contribution in [0.15, 0.2) is 30.6 Å². The maximum absolute atomic E-state index is 11.3. The summed E-state index contributed by atoms with van der Waals surface area (Å²) in [7, 11) is 0. The van der Waals surface area contributed by atoms with Gasteiger partial charge >= 0.3 is 5.97 Å². The Kier molecular flexibility index (Phi) is 4.24. The smallest absolute Gasteiger partial charge is 0.306 e. The van der Waals surface area contributed by atoms with E-state index in [2.05, 4.69) is 41.3 Å². The normalized spacial score (nSPS) is 19.8. The number of hydrogen-bond donors (Lipinski definition) is 2. The number of carbonyl (C=O) groups is 1. The molecule has 1 aromatic carbocycles. The number of hydrogen-bond acceptors (Lipinski definition) is 6. The van der Waals surface area contributed by atoms with Crippen LogP contribution < -0.4 is 5.73 Å². The highest BCUT2D eigenvalue weighted by atomic mass is 32.1. The van der Waals surface area contributed by atoms with Gasteiger partial charge in [-0.1, -0.05) is 18.2 Å². The molecular weight excluding hydrogens is 386 g/mol. The summed E-state index contributed by atoms with van der Waals surface area (Å²) in [4.78, 5) is 21.5. The predicted octanol–water partition coefficient (Wildman–Crippen LogP) is 4.26. The molecule has 8 heteroatoms. The van der Waals surface area contributed by atoms with Crippen molar-refractivity contribution in [2.24, 2.45) is 5.92 Å². The number of carboxylic acid groups (broad SMARTS) is 1. The molecule has 1 aliphatic carbocycles. The van der Waals surface area contributed by atoms with Gasteiger partial charge in [0.1, 0.15) is 23.4 Å². The molecule has 0 atom stereocenters. The lowest BCUT2D eigenvalue weighted by atomic mass is 9.82. The Balaban J connectivity index is 1.63. The molecule has 0 radical (unpaired) electrons. The van der Waals surface area contributed by atoms with Gasteiger partial charge in [0.15, 0.2) is 5.82 Å². The van der Waals surface area contributed by atoms with Crippen molar-refractivity contribution in [3.8, 4) is 10.6 Å². The lowest BCUT2D eigenvalue weighted by Gasteiger charge is -2.24. The van der Waals surface area contributed by atoms with Gasteiger partial charge in [-0.3, -0.25) is 4.79 Å². The van der Waals surface area contributed by atoms with Gasteiger partial charge in [0.2, 0.25) is 0 Å². The molecule has 3 N–H and O–H groups in total. The molecule has 0 spiro atoms. The first-order valence-corrected chi connectivity index (χ1v) is 10.6. The van der Waals surface area contributed by atoms with Crippen LogP contribution in [0.25, 0.3) is 26.2 Å². The van der Waals surface area contributed by atoms with Crippen LogP contribution in [0, 0.1) is 12.8 Å². The molecule has 3 heterocycles. The first-order chi connectivity index (χ1) is 14.0. The Hall–Kier alpha value is -3.00. The van der Waals surface area contributed by atoms with E-state index in [1.807, 2.05) is 0 Å². The minimum absolute atomic E-state index is 0.164. The maximum Gasteiger partial charge on any atom is 0.306 e. The molecule has 1 aliphatic rings. The summed E-state index contributed by atoms with van der Waals surface area (Å²) in [5.74, 6) is 0.452. The zero-order chi connectivity index (χ0) is 20.1. The van der Waals surface area contributed by atoms with Gasteiger partial charge in [-0.15, -0.1) is 11.3 Å². The first kappa shape index (κ1) is 18.1. The zero-order valence-electron chi connectivity index (χ0n) is 16.0. The maximum atomic E-state index is 11.3. The van der Waals surface area contributed by atoms with Crippen LogP contribution >= 0.6 is 11.3 Å². The van der Waals surface area contributed by atoms with E-state index in [0.717, 1.165) is 34.8 Å². The lowest BCUT2D eigenvalue weighted by Crippen LogP contribution is -2.21. The topological polar surface area (TPSA) is 106 Å². The second-order valence-corrected chi connectivity index (χ2v) is 8.77. The fourth-order valence-corrected chi connectivity index (χ4v) is 5.46. The van der Waals surface area contributed by atoms with Gasteiger partial charge in [0.25, 0.3) is 0 Å². The van der Waals surface area contributed by atoms with Crippen molar-refractivity contribution in [2.75, 3.05) is 5.73 Å². The van der Waals surface area contributed by atoms with Crippen LogP contribution in [0.4, 0.5) is 5.82 Å². The van der Waals surface area contributed by atoms with E-state index in [1.165, 1.54) is 22.0 Å². The number of fused-ring (bicyclic) bond motifs is 2. The van der Waals surface area contributed by atoms with Gasteiger partial charge in [-0.25, -0.2) is 14.5 Å². The summed E-state index contributed by atoms with van der Waals surface area (Å²) in [5, 5.41) is 14.9. The minimum atomic E-state index is -0.704. The predicted molar refractivity (Wildman–Crippen MR) is 113 cm³/mol. The van der Waals surface area contributed by atoms with Crippen molar-refractivity contribution in [3.63, 3.8) is 0 Å². The summed E-state index contributed by atoms with van der Waals surface area (Å²) in [6.45, 7) is 2.11. The van der Waals surface area contributed by atoms with Crippen molar-refractivity contribution in [1.82, 2.24) is 19.6 Å². The molecule has 1 fully saturated rings. The van der Waals surface area contributed by atoms with Crippen molar-refractivity contribution in [1.29, 1.82) is 0 Å². The molecule has 0 bridgehead atoms. The SMILES string of the molecule is Cc1cccc2cc(-c3nc(C4CCC(C(=O)O)CC4)n4ncnc(N)c34)sc12. The lowest BCUT2D eigenvalue weighted by molar-refractivity contribution is -0.142. The largest absolute Gasteiger partial charge is 0.481 e. The van der Waals surface area contributed by atoms with Gasteiger partial charge in [-0.05, 0) is 49.6 Å². The van der Waals surface area contributed by atoms with E-state index in [9.17, 15) is 9.90 Å². The Morgan fingerprint density at radius 3 is 2.79 bits per heavy atom. The van der Waals surface area contributed by atoms with Crippen LogP contribution in [0.1, 0.15) is 43.0 Å². The molecule has 3 aromatic heterocycles. The standard InChI is InChI=1S/C21H21N5O2S/c1-11-3-2-4-14-9-15(29-18(11)14)16-17-19(22)23-10-24-26(17)20(25-16)12-5-7-13(8-6-12)21(27)28/h2-4,9-10,12-13H,5-8H2,1H3,(H,27,28)(H2,22,23,24). The third-order valence-electron chi connectivity index (χ3n) is 5.90. The van der Waals surface area contributed by atoms with E-state index >= 15 is 0 Å². The highest BCUT2D eigenvalue weighted by molar-refractivity contribution is 7.22. The van der Waals surface area contributed by atoms with Crippen LogP contribution in [0.2, 0.25) is 0 Å². The van der Waals surface area contributed by atoms with E-state index in [4.69, 9.17) is 10.7 Å². The van der Waals surface area contributed by atoms with Gasteiger partial charge < -0.3 is 10.8 Å². The van der Waals surface area contributed by atoms with Gasteiger partial charge in [-0.2, -0.15) is 5.10 Å². The Labute approximate surface area is 171 Å². The summed E-state index contributed by atoms with van der Waals surface area (Å²) in [6.07, 6.45) is 4.34. The molecular formula is C21H21N5O2S. The van der Waals surface area contributed by atoms with Crippen LogP contribution in [-0.2, 0) is 4.79 Å². The Morgan fingerprint density at radius 1 is 1.28 bits per heavy atom. The quantitative estimate of drug-likeness (QED) is 0.526. The molecule has 5 rings (SSSR count). The molecule has 0 saturated heterocycles. The van der Waals surface area contributed by atoms with Crippen molar-refractivity contribution < 1.29 is 9.90 Å². The number of carboxylic acids is 1. The number of anilines is 1. The molecule has 148 valence electrons. The highest BCUT2D eigenvalue weighted by Gasteiger charge is 2.31. The molecule has 0 amide bonds. The number of aliphatic carboxylic acids is 1. The Morgan fingerprint density at radius 2 is 2.07 bits per heavy atom. The van der Waals surface area contributed by atoms with Crippen LogP contribution in [0.5, 0.6) is 0 Å². The molecule has 1 saturated carbocycles. The number of rotatable bonds is 3. The number of aryl methyl sites for hydroxylation is 1. The summed E-state index contributed by atoms with van der Waals surface area (Å²) in [6, 6.07) is 8.42. The fraction of sp³-hybridized carbons (Fsp3) is 0.333. The van der Waals surface area contributed by atoms with E-state index in [-0.39, 0.29) is 11.8 Å². The third-order valence-corrected chi connectivity index (χ3v) is 7.19. The third kappa shape index (κ3) is 2.95. The van der Waals surface area contributed by atoms with E-state index in [0.29, 0.717) is 18.7 Å². The summed E-state index contributed by atoms with van der Waals surface area (Å²) < 4.78 is 3.04. The minimum Gasteiger partial charge on any atom is -0.481 e. The zero-order valence-corrected chi connectivity index (χ0v) is 16.8. The number of aromatic nitrogens is 4. The van der Waals surface area contributed by atoms with Crippen molar-refractivity contribution >= 4 is 38.7 Å². The number of nitrogens with zero attached hydrogens (tertiary/aromatic N) is 4. The van der Waals surface area contributed by atoms with Gasteiger partial charge in [0.05, 0.1) is 10.8 Å². The number of imidazole rings is 1. The molecule has 0 aliphatic heterocycles. The molecule has 29 heavy (non-hydrogen) atoms. The monoisotopic (exact) mass is 407 g/mol. The number of nitrogens with two attached hydrogens (primary N) is 1. The number of thiophene rings is 1. The summed E-state index contributed by atoms with van der Waals surface area (Å²) in [5.41, 5.74) is 9.01. The second kappa shape index (κ2) is 6.81. The fourth-order valence-electron chi connectivity index (χ4n) is 4.34. The van der Waals surface area contributed by atoms with E-state index < -0.39 is 5.97 Å². The molecule has 7 nitrogen and oxygen atoms in total. The average Bonchev–Trinajstić information content (AvgIpc) is 3.31. The molecule has 4 aromatic rings. The summed E-state index contributed by atoms with van der Waals surface area (Å²) >= 11 is 1.70. The van der Waals surface area contributed by atoms with Crippen LogP contribution in [-0.4, -0.2) is 30.7 Å². The first-order valence-electron chi connectivity index (χ1n) is 9.74. The number of benzene rings is 1. The Bertz CT molecular complexity index is 1240. The van der Waals surface area contributed by atoms with E-state index in [1.54, 1.807) is 15.9 Å². The molecule has 0 unspecified atom stereocenters.